The topological polar surface area (TPSA) is 87.0 Å². The number of nitriles is 1. The average molecular weight is 364 g/mol. The number of nitrogens with one attached hydrogen (secondary N) is 2. The summed E-state index contributed by atoms with van der Waals surface area (Å²) in [5, 5.41) is 16.0. The molecule has 0 atom stereocenters. The first-order valence-corrected chi connectivity index (χ1v) is 8.31. The van der Waals surface area contributed by atoms with Gasteiger partial charge in [0.05, 0.1) is 29.1 Å². The molecule has 3 aromatic rings. The maximum Gasteiger partial charge on any atom is 0.221 e. The van der Waals surface area contributed by atoms with Crippen LogP contribution in [0.5, 0.6) is 5.75 Å². The fourth-order valence-electron chi connectivity index (χ4n) is 2.68. The third-order valence-electron chi connectivity index (χ3n) is 3.81. The van der Waals surface area contributed by atoms with Crippen molar-refractivity contribution in [1.29, 1.82) is 5.26 Å². The number of rotatable bonds is 5. The Labute approximate surface area is 155 Å². The first-order valence-electron chi connectivity index (χ1n) is 8.31. The summed E-state index contributed by atoms with van der Waals surface area (Å²) < 4.78 is 18.8. The summed E-state index contributed by atoms with van der Waals surface area (Å²) in [6, 6.07) is 11.3. The van der Waals surface area contributed by atoms with Crippen molar-refractivity contribution in [2.24, 2.45) is 0 Å². The number of benzene rings is 2. The summed E-state index contributed by atoms with van der Waals surface area (Å²) in [6.45, 7) is 3.67. The van der Waals surface area contributed by atoms with Gasteiger partial charge in [-0.25, -0.2) is 4.39 Å². The third-order valence-corrected chi connectivity index (χ3v) is 3.81. The van der Waals surface area contributed by atoms with Crippen LogP contribution >= 0.6 is 0 Å². The molecule has 136 valence electrons. The normalized spacial score (nSPS) is 10.3. The van der Waals surface area contributed by atoms with Crippen molar-refractivity contribution in [3.63, 3.8) is 0 Å². The van der Waals surface area contributed by atoms with E-state index < -0.39 is 0 Å². The van der Waals surface area contributed by atoms with Crippen molar-refractivity contribution in [2.75, 3.05) is 17.2 Å². The van der Waals surface area contributed by atoms with Gasteiger partial charge in [0.1, 0.15) is 17.6 Å². The highest BCUT2D eigenvalue weighted by Gasteiger charge is 2.14. The quantitative estimate of drug-likeness (QED) is 0.703. The van der Waals surface area contributed by atoms with Crippen molar-refractivity contribution in [3.8, 4) is 11.8 Å². The number of carbonyl (C=O) groups excluding carboxylic acids is 1. The van der Waals surface area contributed by atoms with Crippen molar-refractivity contribution < 1.29 is 13.9 Å². The Kier molecular flexibility index (Phi) is 5.18. The minimum absolute atomic E-state index is 0.243. The minimum atomic E-state index is -0.352. The van der Waals surface area contributed by atoms with Gasteiger partial charge in [-0.3, -0.25) is 9.78 Å². The summed E-state index contributed by atoms with van der Waals surface area (Å²) in [5.74, 6) is -0.104. The zero-order valence-electron chi connectivity index (χ0n) is 14.8. The van der Waals surface area contributed by atoms with E-state index in [4.69, 9.17) is 4.74 Å². The maximum atomic E-state index is 13.2. The smallest absolute Gasteiger partial charge is 0.221 e. The van der Waals surface area contributed by atoms with E-state index in [9.17, 15) is 14.4 Å². The number of nitrogens with zero attached hydrogens (tertiary/aromatic N) is 2. The number of ether oxygens (including phenoxy) is 1. The summed E-state index contributed by atoms with van der Waals surface area (Å²) >= 11 is 0. The molecule has 0 spiro atoms. The Hall–Kier alpha value is -3.66. The fraction of sp³-hybridized carbons (Fsp3) is 0.150. The molecule has 1 heterocycles. The van der Waals surface area contributed by atoms with Crippen LogP contribution < -0.4 is 15.4 Å². The van der Waals surface area contributed by atoms with E-state index in [1.165, 1.54) is 25.3 Å². The molecular formula is C20H17FN4O2. The minimum Gasteiger partial charge on any atom is -0.492 e. The maximum absolute atomic E-state index is 13.2. The third kappa shape index (κ3) is 3.96. The summed E-state index contributed by atoms with van der Waals surface area (Å²) in [4.78, 5) is 15.9. The summed E-state index contributed by atoms with van der Waals surface area (Å²) in [6.07, 6.45) is 1.46. The molecular weight excluding hydrogens is 347 g/mol. The van der Waals surface area contributed by atoms with Gasteiger partial charge in [0.15, 0.2) is 0 Å². The Morgan fingerprint density at radius 2 is 2.04 bits per heavy atom. The first-order chi connectivity index (χ1) is 13.0. The van der Waals surface area contributed by atoms with E-state index in [1.54, 1.807) is 24.3 Å². The predicted octanol–water partition coefficient (Wildman–Crippen LogP) is 4.35. The van der Waals surface area contributed by atoms with E-state index in [0.717, 1.165) is 0 Å². The molecule has 6 nitrogen and oxygen atoms in total. The number of hydrogen-bond donors (Lipinski definition) is 2. The average Bonchev–Trinajstić information content (AvgIpc) is 2.64. The molecule has 0 aliphatic heterocycles. The second-order valence-electron chi connectivity index (χ2n) is 5.77. The standard InChI is InChI=1S/C20H17FN4O2/c1-3-27-19-9-17-16(8-18(19)24-12(2)26)20(13(10-22)11-23-17)25-15-6-4-14(21)5-7-15/h4-9,11H,3H2,1-2H3,(H,23,25)(H,24,26). The second kappa shape index (κ2) is 7.70. The number of anilines is 3. The van der Waals surface area contributed by atoms with Crippen LogP contribution in [0, 0.1) is 17.1 Å². The molecule has 7 heteroatoms. The van der Waals surface area contributed by atoms with E-state index >= 15 is 0 Å². The van der Waals surface area contributed by atoms with Gasteiger partial charge in [-0.1, -0.05) is 0 Å². The molecule has 0 aliphatic rings. The van der Waals surface area contributed by atoms with Gasteiger partial charge in [-0.05, 0) is 37.3 Å². The lowest BCUT2D eigenvalue weighted by Crippen LogP contribution is -2.08. The molecule has 27 heavy (non-hydrogen) atoms. The van der Waals surface area contributed by atoms with Crippen molar-refractivity contribution >= 4 is 33.9 Å². The molecule has 1 aromatic heterocycles. The molecule has 0 aliphatic carbocycles. The summed E-state index contributed by atoms with van der Waals surface area (Å²) in [5.41, 5.74) is 2.54. The molecule has 0 radical (unpaired) electrons. The lowest BCUT2D eigenvalue weighted by Gasteiger charge is -2.15. The highest BCUT2D eigenvalue weighted by atomic mass is 19.1. The van der Waals surface area contributed by atoms with Crippen LogP contribution in [-0.4, -0.2) is 17.5 Å². The van der Waals surface area contributed by atoms with Crippen molar-refractivity contribution in [1.82, 2.24) is 4.98 Å². The number of amides is 1. The van der Waals surface area contributed by atoms with E-state index in [2.05, 4.69) is 21.7 Å². The van der Waals surface area contributed by atoms with E-state index in [0.29, 0.717) is 45.9 Å². The van der Waals surface area contributed by atoms with E-state index in [1.807, 2.05) is 6.92 Å². The fourth-order valence-corrected chi connectivity index (χ4v) is 2.68. The number of fused-ring (bicyclic) bond motifs is 1. The molecule has 0 saturated heterocycles. The summed E-state index contributed by atoms with van der Waals surface area (Å²) in [7, 11) is 0. The SMILES string of the molecule is CCOc1cc2ncc(C#N)c(Nc3ccc(F)cc3)c2cc1NC(C)=O. The Balaban J connectivity index is 2.18. The lowest BCUT2D eigenvalue weighted by molar-refractivity contribution is -0.114. The molecule has 1 amide bonds. The Bertz CT molecular complexity index is 1040. The van der Waals surface area contributed by atoms with Crippen LogP contribution in [0.3, 0.4) is 0 Å². The van der Waals surface area contributed by atoms with Crippen LogP contribution in [0.15, 0.2) is 42.6 Å². The van der Waals surface area contributed by atoms with Gasteiger partial charge in [0, 0.05) is 30.3 Å². The van der Waals surface area contributed by atoms with Crippen LogP contribution in [-0.2, 0) is 4.79 Å². The Morgan fingerprint density at radius 1 is 1.30 bits per heavy atom. The van der Waals surface area contributed by atoms with Crippen LogP contribution in [0.4, 0.5) is 21.5 Å². The molecule has 3 rings (SSSR count). The monoisotopic (exact) mass is 364 g/mol. The molecule has 0 unspecified atom stereocenters. The predicted molar refractivity (Wildman–Crippen MR) is 102 cm³/mol. The van der Waals surface area contributed by atoms with Gasteiger partial charge in [0.2, 0.25) is 5.91 Å². The van der Waals surface area contributed by atoms with Crippen LogP contribution in [0.25, 0.3) is 10.9 Å². The van der Waals surface area contributed by atoms with Crippen LogP contribution in [0.1, 0.15) is 19.4 Å². The zero-order valence-corrected chi connectivity index (χ0v) is 14.8. The second-order valence-corrected chi connectivity index (χ2v) is 5.77. The van der Waals surface area contributed by atoms with E-state index in [-0.39, 0.29) is 11.7 Å². The van der Waals surface area contributed by atoms with Crippen LogP contribution in [0.2, 0.25) is 0 Å². The van der Waals surface area contributed by atoms with Gasteiger partial charge >= 0.3 is 0 Å². The number of aromatic nitrogens is 1. The number of pyridine rings is 1. The highest BCUT2D eigenvalue weighted by Crippen LogP contribution is 2.36. The zero-order chi connectivity index (χ0) is 19.4. The van der Waals surface area contributed by atoms with Crippen molar-refractivity contribution in [3.05, 3.63) is 54.0 Å². The first kappa shape index (κ1) is 18.1. The Morgan fingerprint density at radius 3 is 2.67 bits per heavy atom. The molecule has 0 fully saturated rings. The molecule has 0 saturated carbocycles. The largest absolute Gasteiger partial charge is 0.492 e. The highest BCUT2D eigenvalue weighted by molar-refractivity contribution is 6.01. The number of hydrogen-bond acceptors (Lipinski definition) is 5. The molecule has 2 aromatic carbocycles. The van der Waals surface area contributed by atoms with Gasteiger partial charge in [-0.2, -0.15) is 5.26 Å². The molecule has 2 N–H and O–H groups in total. The van der Waals surface area contributed by atoms with Gasteiger partial charge < -0.3 is 15.4 Å². The number of carbonyl (C=O) groups is 1. The van der Waals surface area contributed by atoms with Gasteiger partial charge in [0.25, 0.3) is 0 Å². The molecule has 0 bridgehead atoms. The van der Waals surface area contributed by atoms with Gasteiger partial charge in [-0.15, -0.1) is 0 Å². The van der Waals surface area contributed by atoms with Crippen molar-refractivity contribution in [2.45, 2.75) is 13.8 Å². The number of halogens is 1. The lowest BCUT2D eigenvalue weighted by atomic mass is 10.1.